The van der Waals surface area contributed by atoms with Gasteiger partial charge in [0.15, 0.2) is 0 Å². The van der Waals surface area contributed by atoms with Gasteiger partial charge in [0.05, 0.1) is 18.7 Å². The molecule has 0 bridgehead atoms. The van der Waals surface area contributed by atoms with E-state index < -0.39 is 0 Å². The van der Waals surface area contributed by atoms with Crippen LogP contribution in [0, 0.1) is 5.92 Å². The molecule has 1 aliphatic heterocycles. The fourth-order valence-electron chi connectivity index (χ4n) is 3.45. The molecule has 1 amide bonds. The molecular formula is C21H29Cl2N3O2. The molecule has 0 aliphatic carbocycles. The Kier molecular flexibility index (Phi) is 9.59. The molecule has 3 unspecified atom stereocenters. The van der Waals surface area contributed by atoms with Crippen LogP contribution in [-0.2, 0) is 4.79 Å². The van der Waals surface area contributed by atoms with Gasteiger partial charge in [-0.1, -0.05) is 49.4 Å². The van der Waals surface area contributed by atoms with Gasteiger partial charge in [0.2, 0.25) is 5.91 Å². The van der Waals surface area contributed by atoms with Crippen molar-refractivity contribution in [3.8, 4) is 5.75 Å². The van der Waals surface area contributed by atoms with Crippen molar-refractivity contribution in [3.63, 3.8) is 0 Å². The van der Waals surface area contributed by atoms with Crippen molar-refractivity contribution in [2.24, 2.45) is 11.7 Å². The highest BCUT2D eigenvalue weighted by molar-refractivity contribution is 5.85. The third-order valence-corrected chi connectivity index (χ3v) is 5.10. The fourth-order valence-corrected chi connectivity index (χ4v) is 3.45. The van der Waals surface area contributed by atoms with E-state index >= 15 is 0 Å². The third-order valence-electron chi connectivity index (χ3n) is 5.10. The van der Waals surface area contributed by atoms with Gasteiger partial charge in [-0.25, -0.2) is 0 Å². The minimum Gasteiger partial charge on any atom is -0.495 e. The van der Waals surface area contributed by atoms with Crippen molar-refractivity contribution in [1.82, 2.24) is 5.32 Å². The number of carbonyl (C=O) groups is 1. The van der Waals surface area contributed by atoms with E-state index in [-0.39, 0.29) is 48.7 Å². The Bertz CT molecular complexity index is 745. The lowest BCUT2D eigenvalue weighted by Crippen LogP contribution is -2.42. The predicted molar refractivity (Wildman–Crippen MR) is 119 cm³/mol. The molecule has 7 heteroatoms. The highest BCUT2D eigenvalue weighted by Gasteiger charge is 2.29. The van der Waals surface area contributed by atoms with Crippen LogP contribution in [0.1, 0.15) is 24.9 Å². The Morgan fingerprint density at radius 2 is 1.79 bits per heavy atom. The summed E-state index contributed by atoms with van der Waals surface area (Å²) in [6.07, 6.45) is 0.914. The van der Waals surface area contributed by atoms with E-state index in [1.165, 1.54) is 0 Å². The van der Waals surface area contributed by atoms with Gasteiger partial charge in [0, 0.05) is 25.2 Å². The second-order valence-corrected chi connectivity index (χ2v) is 6.84. The number of methoxy groups -OCH3 is 1. The van der Waals surface area contributed by atoms with E-state index in [4.69, 9.17) is 10.5 Å². The second-order valence-electron chi connectivity index (χ2n) is 6.84. The van der Waals surface area contributed by atoms with E-state index in [9.17, 15) is 4.79 Å². The number of nitrogens with one attached hydrogen (secondary N) is 1. The number of hydrogen-bond acceptors (Lipinski definition) is 4. The topological polar surface area (TPSA) is 67.6 Å². The first-order valence-corrected chi connectivity index (χ1v) is 9.09. The number of halogens is 2. The summed E-state index contributed by atoms with van der Waals surface area (Å²) < 4.78 is 5.45. The van der Waals surface area contributed by atoms with E-state index in [2.05, 4.69) is 16.3 Å². The number of nitrogens with zero attached hydrogens (tertiary/aromatic N) is 1. The van der Waals surface area contributed by atoms with Crippen LogP contribution in [-0.4, -0.2) is 32.1 Å². The zero-order valence-electron chi connectivity index (χ0n) is 16.2. The Hall–Kier alpha value is -1.95. The standard InChI is InChI=1S/C21H27N3O2.2ClH/c1-15(20(22)16-8-4-3-5-9-16)21(25)23-17-12-13-24(14-17)18-10-6-7-11-19(18)26-2;;/h3-11,15,17,20H,12-14,22H2,1-2H3,(H,23,25);2*1H. The molecule has 2 aromatic rings. The van der Waals surface area contributed by atoms with Crippen molar-refractivity contribution in [2.75, 3.05) is 25.1 Å². The summed E-state index contributed by atoms with van der Waals surface area (Å²) in [4.78, 5) is 14.9. The molecule has 0 saturated carbocycles. The number of rotatable bonds is 6. The molecule has 3 N–H and O–H groups in total. The van der Waals surface area contributed by atoms with Gasteiger partial charge < -0.3 is 20.7 Å². The zero-order chi connectivity index (χ0) is 18.5. The van der Waals surface area contributed by atoms with E-state index in [0.29, 0.717) is 0 Å². The number of nitrogens with two attached hydrogens (primary N) is 1. The molecule has 3 atom stereocenters. The molecular weight excluding hydrogens is 397 g/mol. The van der Waals surface area contributed by atoms with Gasteiger partial charge in [0.1, 0.15) is 5.75 Å². The van der Waals surface area contributed by atoms with Crippen molar-refractivity contribution in [3.05, 3.63) is 60.2 Å². The SMILES string of the molecule is COc1ccccc1N1CCC(NC(=O)C(C)C(N)c2ccccc2)C1.Cl.Cl. The molecule has 1 saturated heterocycles. The monoisotopic (exact) mass is 425 g/mol. The molecule has 1 heterocycles. The molecule has 2 aromatic carbocycles. The average Bonchev–Trinajstić information content (AvgIpc) is 3.15. The molecule has 1 aliphatic rings. The Labute approximate surface area is 179 Å². The smallest absolute Gasteiger partial charge is 0.225 e. The largest absolute Gasteiger partial charge is 0.495 e. The average molecular weight is 426 g/mol. The summed E-state index contributed by atoms with van der Waals surface area (Å²) >= 11 is 0. The predicted octanol–water partition coefficient (Wildman–Crippen LogP) is 3.57. The third kappa shape index (κ3) is 5.53. The quantitative estimate of drug-likeness (QED) is 0.741. The number of anilines is 1. The summed E-state index contributed by atoms with van der Waals surface area (Å²) in [5.41, 5.74) is 8.34. The van der Waals surface area contributed by atoms with E-state index in [1.807, 2.05) is 55.5 Å². The molecule has 0 aromatic heterocycles. The van der Waals surface area contributed by atoms with Crippen molar-refractivity contribution >= 4 is 36.4 Å². The molecule has 154 valence electrons. The maximum atomic E-state index is 12.6. The molecule has 0 radical (unpaired) electrons. The molecule has 28 heavy (non-hydrogen) atoms. The van der Waals surface area contributed by atoms with Crippen LogP contribution in [0.5, 0.6) is 5.75 Å². The fraction of sp³-hybridized carbons (Fsp3) is 0.381. The van der Waals surface area contributed by atoms with Crippen LogP contribution >= 0.6 is 24.8 Å². The van der Waals surface area contributed by atoms with Gasteiger partial charge in [-0.05, 0) is 24.1 Å². The van der Waals surface area contributed by atoms with Crippen molar-refractivity contribution < 1.29 is 9.53 Å². The normalized spacial score (nSPS) is 17.7. The lowest BCUT2D eigenvalue weighted by atomic mass is 9.94. The van der Waals surface area contributed by atoms with Crippen molar-refractivity contribution in [2.45, 2.75) is 25.4 Å². The van der Waals surface area contributed by atoms with Gasteiger partial charge in [0.25, 0.3) is 0 Å². The number of carbonyl (C=O) groups excluding carboxylic acids is 1. The maximum absolute atomic E-state index is 12.6. The van der Waals surface area contributed by atoms with Crippen LogP contribution in [0.2, 0.25) is 0 Å². The van der Waals surface area contributed by atoms with E-state index in [0.717, 1.165) is 36.5 Å². The van der Waals surface area contributed by atoms with Gasteiger partial charge in [-0.15, -0.1) is 24.8 Å². The minimum absolute atomic E-state index is 0. The number of ether oxygens (including phenoxy) is 1. The Morgan fingerprint density at radius 1 is 1.14 bits per heavy atom. The minimum atomic E-state index is -0.303. The highest BCUT2D eigenvalue weighted by atomic mass is 35.5. The van der Waals surface area contributed by atoms with Gasteiger partial charge in [-0.2, -0.15) is 0 Å². The van der Waals surface area contributed by atoms with Crippen LogP contribution in [0.4, 0.5) is 5.69 Å². The van der Waals surface area contributed by atoms with Crippen molar-refractivity contribution in [1.29, 1.82) is 0 Å². The lowest BCUT2D eigenvalue weighted by Gasteiger charge is -2.23. The highest BCUT2D eigenvalue weighted by Crippen LogP contribution is 2.30. The number of benzene rings is 2. The number of hydrogen-bond donors (Lipinski definition) is 2. The summed E-state index contributed by atoms with van der Waals surface area (Å²) in [5.74, 6) is 0.588. The summed E-state index contributed by atoms with van der Waals surface area (Å²) in [7, 11) is 1.68. The first-order chi connectivity index (χ1) is 12.6. The Morgan fingerprint density at radius 3 is 2.46 bits per heavy atom. The second kappa shape index (κ2) is 11.1. The maximum Gasteiger partial charge on any atom is 0.225 e. The molecule has 0 spiro atoms. The summed E-state index contributed by atoms with van der Waals surface area (Å²) in [5, 5.41) is 3.17. The molecule has 1 fully saturated rings. The van der Waals surface area contributed by atoms with Crippen LogP contribution in [0.3, 0.4) is 0 Å². The lowest BCUT2D eigenvalue weighted by molar-refractivity contribution is -0.125. The first-order valence-electron chi connectivity index (χ1n) is 9.09. The first kappa shape index (κ1) is 24.1. The summed E-state index contributed by atoms with van der Waals surface area (Å²) in [6.45, 7) is 3.56. The molecule has 3 rings (SSSR count). The van der Waals surface area contributed by atoms with Crippen LogP contribution < -0.4 is 20.7 Å². The number of para-hydroxylation sites is 2. The molecule has 5 nitrogen and oxygen atoms in total. The Balaban J connectivity index is 0.00000196. The number of amides is 1. The van der Waals surface area contributed by atoms with E-state index in [1.54, 1.807) is 7.11 Å². The van der Waals surface area contributed by atoms with Crippen LogP contribution in [0.25, 0.3) is 0 Å². The van der Waals surface area contributed by atoms with Gasteiger partial charge in [-0.3, -0.25) is 4.79 Å². The van der Waals surface area contributed by atoms with Gasteiger partial charge >= 0.3 is 0 Å². The van der Waals surface area contributed by atoms with Crippen LogP contribution in [0.15, 0.2) is 54.6 Å². The summed E-state index contributed by atoms with van der Waals surface area (Å²) in [6, 6.07) is 17.6. The zero-order valence-corrected chi connectivity index (χ0v) is 17.8.